The third-order valence-corrected chi connectivity index (χ3v) is 5.31. The number of rotatable bonds is 5. The Bertz CT molecular complexity index is 893. The predicted octanol–water partition coefficient (Wildman–Crippen LogP) is 6.56. The van der Waals surface area contributed by atoms with E-state index >= 15 is 0 Å². The molecule has 0 bridgehead atoms. The Balaban J connectivity index is 0.000000485. The third kappa shape index (κ3) is 8.80. The molecule has 3 rings (SSSR count). The van der Waals surface area contributed by atoms with Gasteiger partial charge in [0.1, 0.15) is 6.29 Å². The molecule has 0 saturated heterocycles. The van der Waals surface area contributed by atoms with Gasteiger partial charge in [0, 0.05) is 34.3 Å². The van der Waals surface area contributed by atoms with Crippen molar-refractivity contribution in [2.45, 2.75) is 27.3 Å². The van der Waals surface area contributed by atoms with Crippen LogP contribution in [0.15, 0.2) is 60.7 Å². The quantitative estimate of drug-likeness (QED) is 0.452. The number of anilines is 1. The van der Waals surface area contributed by atoms with Gasteiger partial charge >= 0.3 is 0 Å². The lowest BCUT2D eigenvalue weighted by Crippen LogP contribution is -2.16. The monoisotopic (exact) mass is 445 g/mol. The minimum Gasteiger partial charge on any atom is -0.483 e. The number of benzene rings is 2. The van der Waals surface area contributed by atoms with Gasteiger partial charge in [-0.15, -0.1) is 11.3 Å². The molecule has 30 heavy (non-hydrogen) atoms. The summed E-state index contributed by atoms with van der Waals surface area (Å²) in [7, 11) is 2.14. The van der Waals surface area contributed by atoms with Crippen LogP contribution in [-0.4, -0.2) is 24.9 Å². The average Bonchev–Trinajstić information content (AvgIpc) is 3.13. The van der Waals surface area contributed by atoms with Crippen LogP contribution in [0.3, 0.4) is 0 Å². The first kappa shape index (κ1) is 25.4. The molecule has 0 spiro atoms. The number of aldehydes is 1. The second kappa shape index (κ2) is 13.6. The van der Waals surface area contributed by atoms with Crippen LogP contribution in [0.25, 0.3) is 10.4 Å². The van der Waals surface area contributed by atoms with Crippen molar-refractivity contribution in [2.75, 3.05) is 11.9 Å². The molecule has 4 nitrogen and oxygen atoms in total. The van der Waals surface area contributed by atoms with E-state index in [9.17, 15) is 4.79 Å². The van der Waals surface area contributed by atoms with Crippen LogP contribution >= 0.6 is 22.9 Å². The molecule has 160 valence electrons. The van der Waals surface area contributed by atoms with Crippen molar-refractivity contribution in [2.24, 2.45) is 5.92 Å². The fraction of sp³-hybridized carbons (Fsp3) is 0.250. The van der Waals surface area contributed by atoms with Gasteiger partial charge in [0.15, 0.2) is 0 Å². The molecule has 2 aromatic carbocycles. The molecule has 0 aliphatic rings. The zero-order valence-corrected chi connectivity index (χ0v) is 19.3. The summed E-state index contributed by atoms with van der Waals surface area (Å²) in [6.45, 7) is 6.52. The van der Waals surface area contributed by atoms with Crippen LogP contribution in [0.2, 0.25) is 5.02 Å². The summed E-state index contributed by atoms with van der Waals surface area (Å²) in [6, 6.07) is 20.9. The van der Waals surface area contributed by atoms with Gasteiger partial charge in [-0.1, -0.05) is 67.9 Å². The van der Waals surface area contributed by atoms with Crippen LogP contribution in [0.5, 0.6) is 0 Å². The van der Waals surface area contributed by atoms with Gasteiger partial charge in [-0.3, -0.25) is 4.79 Å². The second-order valence-corrected chi connectivity index (χ2v) is 8.58. The normalized spacial score (nSPS) is 9.67. The van der Waals surface area contributed by atoms with Gasteiger partial charge in [-0.2, -0.15) is 0 Å². The standard InChI is InChI=1S/C19H18ClNS.C4H8O.CH2O2/c1-14-18(12-19(22-14)16-6-4-3-5-7-16)21(2)13-15-8-10-17(20)11-9-15;1-4(2)3-5;2-1-3/h3-12H,13H2,1-2H3;3-4H,1-2H3;1H,(H,2,3). The topological polar surface area (TPSA) is 57.6 Å². The first-order chi connectivity index (χ1) is 14.3. The van der Waals surface area contributed by atoms with Crippen molar-refractivity contribution >= 4 is 41.4 Å². The maximum atomic E-state index is 9.50. The zero-order chi connectivity index (χ0) is 22.5. The molecule has 0 aliphatic carbocycles. The molecular weight excluding hydrogens is 418 g/mol. The second-order valence-electron chi connectivity index (χ2n) is 6.89. The lowest BCUT2D eigenvalue weighted by molar-refractivity contribution is -0.122. The molecule has 1 N–H and O–H groups in total. The highest BCUT2D eigenvalue weighted by molar-refractivity contribution is 7.16. The van der Waals surface area contributed by atoms with E-state index in [0.29, 0.717) is 0 Å². The molecule has 0 saturated carbocycles. The number of carbonyl (C=O) groups excluding carboxylic acids is 1. The molecule has 0 radical (unpaired) electrons. The summed E-state index contributed by atoms with van der Waals surface area (Å²) in [6.07, 6.45) is 0.917. The summed E-state index contributed by atoms with van der Waals surface area (Å²) in [5.41, 5.74) is 3.83. The van der Waals surface area contributed by atoms with Gasteiger partial charge in [0.2, 0.25) is 0 Å². The van der Waals surface area contributed by atoms with Gasteiger partial charge in [0.25, 0.3) is 6.47 Å². The number of carbonyl (C=O) groups is 2. The Morgan fingerprint density at radius 2 is 1.60 bits per heavy atom. The van der Waals surface area contributed by atoms with Gasteiger partial charge in [0.05, 0.1) is 5.69 Å². The number of halogens is 1. The summed E-state index contributed by atoms with van der Waals surface area (Å²) in [5, 5.41) is 7.67. The summed E-state index contributed by atoms with van der Waals surface area (Å²) in [4.78, 5) is 22.8. The number of thiophene rings is 1. The SMILES string of the molecule is CC(C)C=O.Cc1sc(-c2ccccc2)cc1N(C)Cc1ccc(Cl)cc1.O=CO. The smallest absolute Gasteiger partial charge is 0.290 e. The molecule has 0 unspecified atom stereocenters. The van der Waals surface area contributed by atoms with E-state index in [1.165, 1.54) is 26.6 Å². The van der Waals surface area contributed by atoms with E-state index in [2.05, 4.69) is 67.4 Å². The first-order valence-corrected chi connectivity index (χ1v) is 10.7. The molecule has 0 atom stereocenters. The van der Waals surface area contributed by atoms with Crippen LogP contribution in [-0.2, 0) is 16.1 Å². The zero-order valence-electron chi connectivity index (χ0n) is 17.7. The van der Waals surface area contributed by atoms with Crippen molar-refractivity contribution in [1.82, 2.24) is 0 Å². The summed E-state index contributed by atoms with van der Waals surface area (Å²) in [5.74, 6) is 0.204. The Morgan fingerprint density at radius 1 is 1.07 bits per heavy atom. The number of nitrogens with zero attached hydrogens (tertiary/aromatic N) is 1. The fourth-order valence-electron chi connectivity index (χ4n) is 2.54. The van der Waals surface area contributed by atoms with E-state index in [1.54, 1.807) is 0 Å². The van der Waals surface area contributed by atoms with E-state index in [1.807, 2.05) is 37.3 Å². The van der Waals surface area contributed by atoms with Crippen molar-refractivity contribution in [1.29, 1.82) is 0 Å². The summed E-state index contributed by atoms with van der Waals surface area (Å²) < 4.78 is 0. The molecule has 0 aliphatic heterocycles. The van der Waals surface area contributed by atoms with E-state index in [4.69, 9.17) is 21.5 Å². The third-order valence-electron chi connectivity index (χ3n) is 3.97. The molecule has 0 fully saturated rings. The Labute approximate surface area is 187 Å². The fourth-order valence-corrected chi connectivity index (χ4v) is 3.74. The van der Waals surface area contributed by atoms with Crippen molar-refractivity contribution in [3.63, 3.8) is 0 Å². The van der Waals surface area contributed by atoms with Gasteiger partial charge in [-0.25, -0.2) is 0 Å². The average molecular weight is 446 g/mol. The number of aryl methyl sites for hydroxylation is 1. The van der Waals surface area contributed by atoms with Crippen LogP contribution in [0, 0.1) is 12.8 Å². The number of hydrogen-bond donors (Lipinski definition) is 1. The molecule has 0 amide bonds. The van der Waals surface area contributed by atoms with Crippen LogP contribution < -0.4 is 4.90 Å². The van der Waals surface area contributed by atoms with Crippen LogP contribution in [0.1, 0.15) is 24.3 Å². The van der Waals surface area contributed by atoms with E-state index in [-0.39, 0.29) is 12.4 Å². The molecule has 1 aromatic heterocycles. The first-order valence-electron chi connectivity index (χ1n) is 9.46. The highest BCUT2D eigenvalue weighted by atomic mass is 35.5. The molecule has 3 aromatic rings. The highest BCUT2D eigenvalue weighted by Gasteiger charge is 2.11. The minimum absolute atomic E-state index is 0.204. The molecule has 6 heteroatoms. The van der Waals surface area contributed by atoms with E-state index in [0.717, 1.165) is 17.9 Å². The maximum Gasteiger partial charge on any atom is 0.290 e. The Hall–Kier alpha value is -2.63. The van der Waals surface area contributed by atoms with Gasteiger partial charge in [-0.05, 0) is 36.2 Å². The summed E-state index contributed by atoms with van der Waals surface area (Å²) >= 11 is 7.80. The molecule has 1 heterocycles. The number of hydrogen-bond acceptors (Lipinski definition) is 4. The van der Waals surface area contributed by atoms with Crippen molar-refractivity contribution in [3.8, 4) is 10.4 Å². The number of carboxylic acid groups (broad SMARTS) is 1. The van der Waals surface area contributed by atoms with Crippen molar-refractivity contribution in [3.05, 3.63) is 76.1 Å². The Morgan fingerprint density at radius 3 is 2.10 bits per heavy atom. The van der Waals surface area contributed by atoms with Crippen molar-refractivity contribution < 1.29 is 14.7 Å². The minimum atomic E-state index is -0.250. The highest BCUT2D eigenvalue weighted by Crippen LogP contribution is 2.36. The maximum absolute atomic E-state index is 9.50. The van der Waals surface area contributed by atoms with Crippen LogP contribution in [0.4, 0.5) is 5.69 Å². The largest absolute Gasteiger partial charge is 0.483 e. The van der Waals surface area contributed by atoms with E-state index < -0.39 is 0 Å². The predicted molar refractivity (Wildman–Crippen MR) is 128 cm³/mol. The Kier molecular flexibility index (Phi) is 11.5. The molecular formula is C24H28ClNO3S. The van der Waals surface area contributed by atoms with Gasteiger partial charge < -0.3 is 14.8 Å². The lowest BCUT2D eigenvalue weighted by Gasteiger charge is -2.19. The lowest BCUT2D eigenvalue weighted by atomic mass is 10.1.